The van der Waals surface area contributed by atoms with Crippen molar-refractivity contribution in [2.24, 2.45) is 0 Å². The summed E-state index contributed by atoms with van der Waals surface area (Å²) in [5.41, 5.74) is 3.69. The van der Waals surface area contributed by atoms with Crippen LogP contribution in [0.5, 0.6) is 0 Å². The van der Waals surface area contributed by atoms with Crippen LogP contribution in [0.2, 0.25) is 0 Å². The Morgan fingerprint density at radius 3 is 2.62 bits per heavy atom. The standard InChI is InChI=1S/C15H13N/c1-10-7-8-16-15-11(2)13-6-4-3-5-12(13)9-14(10)15/h3-9H,1-2H3. The molecule has 0 aliphatic heterocycles. The van der Waals surface area contributed by atoms with E-state index in [-0.39, 0.29) is 0 Å². The van der Waals surface area contributed by atoms with Crippen LogP contribution in [-0.2, 0) is 0 Å². The SMILES string of the molecule is Cc1ccnc2c(C)c3ccccc3cc12. The molecule has 1 heteroatoms. The van der Waals surface area contributed by atoms with Gasteiger partial charge in [-0.3, -0.25) is 4.98 Å². The number of benzene rings is 2. The van der Waals surface area contributed by atoms with E-state index in [9.17, 15) is 0 Å². The van der Waals surface area contributed by atoms with Crippen LogP contribution in [0.4, 0.5) is 0 Å². The van der Waals surface area contributed by atoms with Gasteiger partial charge in [0.2, 0.25) is 0 Å². The van der Waals surface area contributed by atoms with E-state index in [1.54, 1.807) is 0 Å². The zero-order valence-electron chi connectivity index (χ0n) is 9.49. The zero-order chi connectivity index (χ0) is 11.1. The van der Waals surface area contributed by atoms with Crippen molar-refractivity contribution >= 4 is 21.7 Å². The molecule has 3 aromatic rings. The average Bonchev–Trinajstić information content (AvgIpc) is 2.31. The van der Waals surface area contributed by atoms with E-state index in [0.717, 1.165) is 5.52 Å². The van der Waals surface area contributed by atoms with E-state index >= 15 is 0 Å². The average molecular weight is 207 g/mol. The summed E-state index contributed by atoms with van der Waals surface area (Å²) in [5.74, 6) is 0. The second-order valence-electron chi connectivity index (χ2n) is 4.25. The molecule has 1 heterocycles. The molecule has 16 heavy (non-hydrogen) atoms. The molecule has 0 bridgehead atoms. The number of hydrogen-bond acceptors (Lipinski definition) is 1. The minimum absolute atomic E-state index is 1.12. The van der Waals surface area contributed by atoms with Crippen LogP contribution in [0.25, 0.3) is 21.7 Å². The molecular weight excluding hydrogens is 194 g/mol. The minimum Gasteiger partial charge on any atom is -0.256 e. The molecule has 0 saturated heterocycles. The third-order valence-electron chi connectivity index (χ3n) is 3.23. The number of nitrogens with zero attached hydrogens (tertiary/aromatic N) is 1. The van der Waals surface area contributed by atoms with Crippen LogP contribution < -0.4 is 0 Å². The predicted octanol–water partition coefficient (Wildman–Crippen LogP) is 4.00. The number of rotatable bonds is 0. The van der Waals surface area contributed by atoms with Gasteiger partial charge < -0.3 is 0 Å². The molecule has 0 N–H and O–H groups in total. The first kappa shape index (κ1) is 9.34. The number of aromatic nitrogens is 1. The third kappa shape index (κ3) is 1.21. The predicted molar refractivity (Wildman–Crippen MR) is 68.7 cm³/mol. The van der Waals surface area contributed by atoms with Crippen molar-refractivity contribution < 1.29 is 0 Å². The summed E-state index contributed by atoms with van der Waals surface area (Å²) in [6, 6.07) is 12.8. The van der Waals surface area contributed by atoms with Gasteiger partial charge in [0.25, 0.3) is 0 Å². The molecule has 2 aromatic carbocycles. The topological polar surface area (TPSA) is 12.9 Å². The Morgan fingerprint density at radius 1 is 0.938 bits per heavy atom. The lowest BCUT2D eigenvalue weighted by Gasteiger charge is -2.08. The Balaban J connectivity index is 2.61. The Kier molecular flexibility index (Phi) is 1.93. The van der Waals surface area contributed by atoms with Crippen LogP contribution in [0.15, 0.2) is 42.6 Å². The second kappa shape index (κ2) is 3.31. The van der Waals surface area contributed by atoms with E-state index in [1.165, 1.54) is 27.3 Å². The molecule has 0 aliphatic carbocycles. The molecule has 0 saturated carbocycles. The third-order valence-corrected chi connectivity index (χ3v) is 3.23. The fourth-order valence-corrected chi connectivity index (χ4v) is 2.30. The Bertz CT molecular complexity index is 683. The summed E-state index contributed by atoms with van der Waals surface area (Å²) in [6.07, 6.45) is 1.89. The lowest BCUT2D eigenvalue weighted by Crippen LogP contribution is -1.88. The minimum atomic E-state index is 1.12. The van der Waals surface area contributed by atoms with Gasteiger partial charge in [-0.25, -0.2) is 0 Å². The highest BCUT2D eigenvalue weighted by Crippen LogP contribution is 2.27. The maximum atomic E-state index is 4.49. The molecule has 0 aliphatic rings. The second-order valence-corrected chi connectivity index (χ2v) is 4.25. The van der Waals surface area contributed by atoms with Gasteiger partial charge in [0, 0.05) is 11.6 Å². The van der Waals surface area contributed by atoms with Crippen molar-refractivity contribution in [2.75, 3.05) is 0 Å². The van der Waals surface area contributed by atoms with Crippen LogP contribution in [0.3, 0.4) is 0 Å². The summed E-state index contributed by atoms with van der Waals surface area (Å²) in [7, 11) is 0. The smallest absolute Gasteiger partial charge is 0.0740 e. The molecule has 0 unspecified atom stereocenters. The first-order valence-electron chi connectivity index (χ1n) is 5.51. The normalized spacial score (nSPS) is 11.1. The maximum absolute atomic E-state index is 4.49. The summed E-state index contributed by atoms with van der Waals surface area (Å²) in [5, 5.41) is 3.86. The fourth-order valence-electron chi connectivity index (χ4n) is 2.30. The number of aryl methyl sites for hydroxylation is 2. The van der Waals surface area contributed by atoms with Crippen molar-refractivity contribution in [3.63, 3.8) is 0 Å². The van der Waals surface area contributed by atoms with E-state index in [2.05, 4.69) is 55.2 Å². The highest BCUT2D eigenvalue weighted by Gasteiger charge is 2.05. The zero-order valence-corrected chi connectivity index (χ0v) is 9.49. The lowest BCUT2D eigenvalue weighted by atomic mass is 9.99. The quantitative estimate of drug-likeness (QED) is 0.508. The fraction of sp³-hybridized carbons (Fsp3) is 0.133. The maximum Gasteiger partial charge on any atom is 0.0740 e. The van der Waals surface area contributed by atoms with E-state index in [4.69, 9.17) is 0 Å². The molecular formula is C15H13N. The van der Waals surface area contributed by atoms with Gasteiger partial charge in [-0.05, 0) is 47.9 Å². The number of pyridine rings is 1. The summed E-state index contributed by atoms with van der Waals surface area (Å²) in [4.78, 5) is 4.49. The van der Waals surface area contributed by atoms with Gasteiger partial charge in [0.1, 0.15) is 0 Å². The molecule has 0 fully saturated rings. The lowest BCUT2D eigenvalue weighted by molar-refractivity contribution is 1.35. The highest BCUT2D eigenvalue weighted by atomic mass is 14.6. The van der Waals surface area contributed by atoms with Crippen molar-refractivity contribution in [1.29, 1.82) is 0 Å². The largest absolute Gasteiger partial charge is 0.256 e. The van der Waals surface area contributed by atoms with Gasteiger partial charge in [-0.15, -0.1) is 0 Å². The highest BCUT2D eigenvalue weighted by molar-refractivity contribution is 6.01. The molecule has 0 atom stereocenters. The van der Waals surface area contributed by atoms with Crippen LogP contribution in [-0.4, -0.2) is 4.98 Å². The summed E-state index contributed by atoms with van der Waals surface area (Å²) >= 11 is 0. The summed E-state index contributed by atoms with van der Waals surface area (Å²) in [6.45, 7) is 4.29. The molecule has 0 spiro atoms. The number of fused-ring (bicyclic) bond motifs is 2. The van der Waals surface area contributed by atoms with Gasteiger partial charge in [0.05, 0.1) is 5.52 Å². The molecule has 1 nitrogen and oxygen atoms in total. The Morgan fingerprint density at radius 2 is 1.75 bits per heavy atom. The van der Waals surface area contributed by atoms with Gasteiger partial charge >= 0.3 is 0 Å². The Hall–Kier alpha value is -1.89. The van der Waals surface area contributed by atoms with Gasteiger partial charge in [0.15, 0.2) is 0 Å². The molecule has 3 rings (SSSR count). The van der Waals surface area contributed by atoms with E-state index in [1.807, 2.05) is 6.20 Å². The van der Waals surface area contributed by atoms with Crippen LogP contribution in [0.1, 0.15) is 11.1 Å². The van der Waals surface area contributed by atoms with E-state index < -0.39 is 0 Å². The Labute approximate surface area is 94.7 Å². The summed E-state index contributed by atoms with van der Waals surface area (Å²) < 4.78 is 0. The van der Waals surface area contributed by atoms with Gasteiger partial charge in [-0.1, -0.05) is 24.3 Å². The van der Waals surface area contributed by atoms with E-state index in [0.29, 0.717) is 0 Å². The van der Waals surface area contributed by atoms with Crippen molar-refractivity contribution in [3.8, 4) is 0 Å². The van der Waals surface area contributed by atoms with Crippen molar-refractivity contribution in [2.45, 2.75) is 13.8 Å². The van der Waals surface area contributed by atoms with Crippen molar-refractivity contribution in [3.05, 3.63) is 53.7 Å². The molecule has 1 aromatic heterocycles. The van der Waals surface area contributed by atoms with Gasteiger partial charge in [-0.2, -0.15) is 0 Å². The molecule has 78 valence electrons. The monoisotopic (exact) mass is 207 g/mol. The van der Waals surface area contributed by atoms with Crippen LogP contribution in [0, 0.1) is 13.8 Å². The first-order valence-corrected chi connectivity index (χ1v) is 5.51. The number of hydrogen-bond donors (Lipinski definition) is 0. The molecule has 0 radical (unpaired) electrons. The van der Waals surface area contributed by atoms with Crippen LogP contribution >= 0.6 is 0 Å². The first-order chi connectivity index (χ1) is 7.77. The molecule has 0 amide bonds. The van der Waals surface area contributed by atoms with Crippen molar-refractivity contribution in [1.82, 2.24) is 4.98 Å².